The number of hydrogen-bond acceptors (Lipinski definition) is 2. The minimum Gasteiger partial charge on any atom is -0.453 e. The van der Waals surface area contributed by atoms with E-state index in [9.17, 15) is 4.39 Å². The molecule has 0 atom stereocenters. The molecular formula is C16H15ClFNO. The first kappa shape index (κ1) is 13.4. The highest BCUT2D eigenvalue weighted by Gasteiger charge is 2.20. The summed E-state index contributed by atoms with van der Waals surface area (Å²) in [6.07, 6.45) is 2.50. The van der Waals surface area contributed by atoms with Gasteiger partial charge in [-0.25, -0.2) is 4.39 Å². The van der Waals surface area contributed by atoms with Crippen LogP contribution in [0.1, 0.15) is 18.4 Å². The average molecular weight is 292 g/mol. The zero-order valence-corrected chi connectivity index (χ0v) is 11.7. The van der Waals surface area contributed by atoms with Crippen LogP contribution in [0.15, 0.2) is 42.5 Å². The Balaban J connectivity index is 1.71. The van der Waals surface area contributed by atoms with Gasteiger partial charge in [-0.1, -0.05) is 29.8 Å². The molecule has 2 aromatic carbocycles. The lowest BCUT2D eigenvalue weighted by molar-refractivity contribution is 0.442. The third kappa shape index (κ3) is 3.30. The average Bonchev–Trinajstić information content (AvgIpc) is 3.26. The minimum atomic E-state index is -0.400. The van der Waals surface area contributed by atoms with E-state index in [1.807, 2.05) is 12.1 Å². The fraction of sp³-hybridized carbons (Fsp3) is 0.250. The summed E-state index contributed by atoms with van der Waals surface area (Å²) >= 11 is 6.19. The van der Waals surface area contributed by atoms with E-state index in [0.717, 1.165) is 12.1 Å². The lowest BCUT2D eigenvalue weighted by atomic mass is 10.2. The van der Waals surface area contributed by atoms with Gasteiger partial charge in [0, 0.05) is 12.6 Å². The van der Waals surface area contributed by atoms with E-state index >= 15 is 0 Å². The highest BCUT2D eigenvalue weighted by Crippen LogP contribution is 2.31. The van der Waals surface area contributed by atoms with Crippen LogP contribution >= 0.6 is 11.6 Å². The second-order valence-electron chi connectivity index (χ2n) is 4.95. The van der Waals surface area contributed by atoms with Crippen molar-refractivity contribution in [3.8, 4) is 11.5 Å². The van der Waals surface area contributed by atoms with E-state index in [-0.39, 0.29) is 5.75 Å². The number of ether oxygens (including phenoxy) is 1. The van der Waals surface area contributed by atoms with E-state index in [1.54, 1.807) is 24.3 Å². The number of halogens is 2. The maximum atomic E-state index is 13.5. The zero-order valence-electron chi connectivity index (χ0n) is 10.9. The van der Waals surface area contributed by atoms with Gasteiger partial charge in [-0.2, -0.15) is 0 Å². The standard InChI is InChI=1S/C16H15ClFNO/c17-13-9-11(10-19-12-6-7-12)5-8-15(13)20-16-4-2-1-3-14(16)18/h1-5,8-9,12,19H,6-7,10H2. The van der Waals surface area contributed by atoms with Crippen LogP contribution in [0, 0.1) is 5.82 Å². The van der Waals surface area contributed by atoms with Gasteiger partial charge >= 0.3 is 0 Å². The van der Waals surface area contributed by atoms with E-state index in [1.165, 1.54) is 18.9 Å². The van der Waals surface area contributed by atoms with Gasteiger partial charge in [0.1, 0.15) is 5.75 Å². The monoisotopic (exact) mass is 291 g/mol. The summed E-state index contributed by atoms with van der Waals surface area (Å²) in [4.78, 5) is 0. The van der Waals surface area contributed by atoms with Crippen molar-refractivity contribution >= 4 is 11.6 Å². The van der Waals surface area contributed by atoms with Crippen LogP contribution in [0.5, 0.6) is 11.5 Å². The smallest absolute Gasteiger partial charge is 0.165 e. The van der Waals surface area contributed by atoms with Crippen molar-refractivity contribution in [3.63, 3.8) is 0 Å². The molecular weight excluding hydrogens is 277 g/mol. The molecule has 0 bridgehead atoms. The molecule has 1 N–H and O–H groups in total. The lowest BCUT2D eigenvalue weighted by Crippen LogP contribution is -2.15. The van der Waals surface area contributed by atoms with Crippen LogP contribution in [0.3, 0.4) is 0 Å². The van der Waals surface area contributed by atoms with Gasteiger partial charge < -0.3 is 10.1 Å². The molecule has 0 spiro atoms. The topological polar surface area (TPSA) is 21.3 Å². The molecule has 0 unspecified atom stereocenters. The fourth-order valence-electron chi connectivity index (χ4n) is 1.93. The van der Waals surface area contributed by atoms with Crippen molar-refractivity contribution < 1.29 is 9.13 Å². The first-order valence-electron chi connectivity index (χ1n) is 6.66. The summed E-state index contributed by atoms with van der Waals surface area (Å²) in [5, 5.41) is 3.91. The molecule has 20 heavy (non-hydrogen) atoms. The van der Waals surface area contributed by atoms with Crippen LogP contribution in [-0.2, 0) is 6.54 Å². The lowest BCUT2D eigenvalue weighted by Gasteiger charge is -2.10. The number of nitrogens with one attached hydrogen (secondary N) is 1. The second kappa shape index (κ2) is 5.81. The summed E-state index contributed by atoms with van der Waals surface area (Å²) in [7, 11) is 0. The third-order valence-electron chi connectivity index (χ3n) is 3.23. The molecule has 2 aromatic rings. The van der Waals surface area contributed by atoms with Crippen LogP contribution in [0.4, 0.5) is 4.39 Å². The molecule has 0 radical (unpaired) electrons. The molecule has 0 aliphatic heterocycles. The predicted octanol–water partition coefficient (Wildman–Crippen LogP) is 4.52. The van der Waals surface area contributed by atoms with Gasteiger partial charge in [0.25, 0.3) is 0 Å². The highest BCUT2D eigenvalue weighted by atomic mass is 35.5. The minimum absolute atomic E-state index is 0.179. The molecule has 1 saturated carbocycles. The maximum absolute atomic E-state index is 13.5. The van der Waals surface area contributed by atoms with E-state index in [0.29, 0.717) is 16.8 Å². The molecule has 2 nitrogen and oxygen atoms in total. The molecule has 0 amide bonds. The van der Waals surface area contributed by atoms with Crippen LogP contribution in [0.2, 0.25) is 5.02 Å². The summed E-state index contributed by atoms with van der Waals surface area (Å²) in [5.41, 5.74) is 1.10. The van der Waals surface area contributed by atoms with Gasteiger partial charge in [0.05, 0.1) is 5.02 Å². The number of hydrogen-bond donors (Lipinski definition) is 1. The maximum Gasteiger partial charge on any atom is 0.165 e. The van der Waals surface area contributed by atoms with Crippen LogP contribution < -0.4 is 10.1 Å². The molecule has 4 heteroatoms. The van der Waals surface area contributed by atoms with Crippen LogP contribution in [0.25, 0.3) is 0 Å². The SMILES string of the molecule is Fc1ccccc1Oc1ccc(CNC2CC2)cc1Cl. The predicted molar refractivity (Wildman–Crippen MR) is 77.8 cm³/mol. The molecule has 1 fully saturated rings. The zero-order chi connectivity index (χ0) is 13.9. The van der Waals surface area contributed by atoms with Crippen molar-refractivity contribution in [3.05, 3.63) is 58.9 Å². The van der Waals surface area contributed by atoms with Crippen molar-refractivity contribution in [2.75, 3.05) is 0 Å². The Morgan fingerprint density at radius 1 is 1.15 bits per heavy atom. The quantitative estimate of drug-likeness (QED) is 0.874. The number of benzene rings is 2. The van der Waals surface area contributed by atoms with Crippen molar-refractivity contribution in [1.82, 2.24) is 5.32 Å². The van der Waals surface area contributed by atoms with Crippen molar-refractivity contribution in [1.29, 1.82) is 0 Å². The van der Waals surface area contributed by atoms with Gasteiger partial charge in [-0.3, -0.25) is 0 Å². The Morgan fingerprint density at radius 3 is 2.65 bits per heavy atom. The summed E-state index contributed by atoms with van der Waals surface area (Å²) < 4.78 is 19.0. The molecule has 0 saturated heterocycles. The highest BCUT2D eigenvalue weighted by molar-refractivity contribution is 6.32. The van der Waals surface area contributed by atoms with E-state index in [2.05, 4.69) is 5.32 Å². The Kier molecular flexibility index (Phi) is 3.90. The third-order valence-corrected chi connectivity index (χ3v) is 3.52. The normalized spacial score (nSPS) is 14.3. The largest absolute Gasteiger partial charge is 0.453 e. The van der Waals surface area contributed by atoms with E-state index in [4.69, 9.17) is 16.3 Å². The van der Waals surface area contributed by atoms with Gasteiger partial charge in [0.15, 0.2) is 11.6 Å². The molecule has 0 aromatic heterocycles. The first-order chi connectivity index (χ1) is 9.72. The Bertz CT molecular complexity index is 613. The van der Waals surface area contributed by atoms with E-state index < -0.39 is 5.82 Å². The Labute approximate surface area is 122 Å². The molecule has 1 aliphatic carbocycles. The Morgan fingerprint density at radius 2 is 1.95 bits per heavy atom. The van der Waals surface area contributed by atoms with Crippen LogP contribution in [-0.4, -0.2) is 6.04 Å². The summed E-state index contributed by atoms with van der Waals surface area (Å²) in [6, 6.07) is 12.5. The number of rotatable bonds is 5. The van der Waals surface area contributed by atoms with Gasteiger partial charge in [0.2, 0.25) is 0 Å². The molecule has 1 aliphatic rings. The summed E-state index contributed by atoms with van der Waals surface area (Å²) in [5.74, 6) is 0.244. The van der Waals surface area contributed by atoms with Gasteiger partial charge in [-0.05, 0) is 42.7 Å². The second-order valence-corrected chi connectivity index (χ2v) is 5.36. The molecule has 0 heterocycles. The molecule has 104 valence electrons. The van der Waals surface area contributed by atoms with Gasteiger partial charge in [-0.15, -0.1) is 0 Å². The number of para-hydroxylation sites is 1. The first-order valence-corrected chi connectivity index (χ1v) is 7.04. The summed E-state index contributed by atoms with van der Waals surface area (Å²) in [6.45, 7) is 0.796. The fourth-order valence-corrected chi connectivity index (χ4v) is 2.17. The Hall–Kier alpha value is -1.58. The van der Waals surface area contributed by atoms with Crippen molar-refractivity contribution in [2.45, 2.75) is 25.4 Å². The van der Waals surface area contributed by atoms with Crippen molar-refractivity contribution in [2.24, 2.45) is 0 Å². The molecule has 3 rings (SSSR count).